The number of aromatic nitrogens is 3. The number of nitrogens with one attached hydrogen (secondary N) is 1. The van der Waals surface area contributed by atoms with E-state index in [9.17, 15) is 13.6 Å². The van der Waals surface area contributed by atoms with Gasteiger partial charge in [0.05, 0.1) is 25.2 Å². The summed E-state index contributed by atoms with van der Waals surface area (Å²) in [7, 11) is 1.68. The summed E-state index contributed by atoms with van der Waals surface area (Å²) >= 11 is 0. The minimum absolute atomic E-state index is 0.0148. The van der Waals surface area contributed by atoms with E-state index in [1.54, 1.807) is 41.9 Å². The molecule has 3 aliphatic rings. The molecular formula is C28H30F3N5O2. The fraction of sp³-hybridized carbons (Fsp3) is 0.464. The molecule has 6 rings (SSSR count). The van der Waals surface area contributed by atoms with Crippen LogP contribution in [0.2, 0.25) is 0 Å². The minimum atomic E-state index is -2.70. The van der Waals surface area contributed by atoms with Crippen molar-refractivity contribution in [2.45, 2.75) is 62.8 Å². The van der Waals surface area contributed by atoms with Crippen LogP contribution in [0.25, 0.3) is 0 Å². The molecule has 1 amide bonds. The fourth-order valence-electron chi connectivity index (χ4n) is 5.74. The average molecular weight is 526 g/mol. The topological polar surface area (TPSA) is 72.3 Å². The third kappa shape index (κ3) is 4.01. The predicted octanol–water partition coefficient (Wildman–Crippen LogP) is 4.92. The highest BCUT2D eigenvalue weighted by Crippen LogP contribution is 2.46. The van der Waals surface area contributed by atoms with E-state index in [0.29, 0.717) is 34.5 Å². The maximum absolute atomic E-state index is 15.8. The molecule has 1 N–H and O–H groups in total. The highest BCUT2D eigenvalue weighted by Gasteiger charge is 2.50. The summed E-state index contributed by atoms with van der Waals surface area (Å²) in [6, 6.07) is 10.3. The van der Waals surface area contributed by atoms with E-state index in [1.807, 2.05) is 0 Å². The second-order valence-corrected chi connectivity index (χ2v) is 11.0. The highest BCUT2D eigenvalue weighted by atomic mass is 19.3. The number of rotatable bonds is 8. The maximum atomic E-state index is 15.8. The van der Waals surface area contributed by atoms with Crippen molar-refractivity contribution in [3.63, 3.8) is 0 Å². The number of carbonyl (C=O) groups is 1. The first-order valence-corrected chi connectivity index (χ1v) is 12.9. The number of aryl methyl sites for hydroxylation is 1. The van der Waals surface area contributed by atoms with Crippen LogP contribution in [-0.4, -0.2) is 39.4 Å². The summed E-state index contributed by atoms with van der Waals surface area (Å²) in [5.74, 6) is -0.137. The van der Waals surface area contributed by atoms with Crippen molar-refractivity contribution in [3.8, 4) is 0 Å². The van der Waals surface area contributed by atoms with Crippen molar-refractivity contribution in [3.05, 3.63) is 76.4 Å². The second kappa shape index (κ2) is 9.20. The van der Waals surface area contributed by atoms with Gasteiger partial charge in [-0.2, -0.15) is 0 Å². The first kappa shape index (κ1) is 25.1. The molecule has 200 valence electrons. The quantitative estimate of drug-likeness (QED) is 0.452. The molecule has 1 aromatic heterocycles. The van der Waals surface area contributed by atoms with Gasteiger partial charge in [0.15, 0.2) is 12.0 Å². The Kier molecular flexibility index (Phi) is 6.07. The number of carbonyl (C=O) groups excluding carboxylic acids is 1. The molecule has 0 bridgehead atoms. The Balaban J connectivity index is 1.30. The number of benzene rings is 2. The predicted molar refractivity (Wildman–Crippen MR) is 135 cm³/mol. The zero-order valence-electron chi connectivity index (χ0n) is 21.4. The van der Waals surface area contributed by atoms with Crippen LogP contribution in [0.5, 0.6) is 0 Å². The smallest absolute Gasteiger partial charge is 0.264 e. The van der Waals surface area contributed by atoms with Gasteiger partial charge in [0, 0.05) is 35.9 Å². The van der Waals surface area contributed by atoms with Crippen LogP contribution >= 0.6 is 0 Å². The van der Waals surface area contributed by atoms with E-state index in [2.05, 4.69) is 22.4 Å². The molecular weight excluding hydrogens is 495 g/mol. The molecule has 0 radical (unpaired) electrons. The van der Waals surface area contributed by atoms with Crippen LogP contribution in [0.15, 0.2) is 42.7 Å². The Hall–Kier alpha value is -3.24. The number of ether oxygens (including phenoxy) is 1. The SMILES string of the molecule is Cn1cnnc1[C@H](F)C1(c2cccc(N3Cc4c(cc(CNC5(C)CCC5)cc4C(F)F)C3=O)c2)COC1. The lowest BCUT2D eigenvalue weighted by molar-refractivity contribution is -0.102. The maximum Gasteiger partial charge on any atom is 0.264 e. The van der Waals surface area contributed by atoms with E-state index in [1.165, 1.54) is 17.3 Å². The lowest BCUT2D eigenvalue weighted by Gasteiger charge is -2.43. The standard InChI is InChI=1S/C28H30F3N5O2/c1-27(7-4-8-27)32-12-17-9-20(24(30)31)22-13-36(26(37)21(22)10-17)19-6-3-5-18(11-19)28(14-38-15-28)23(29)25-34-33-16-35(25)2/h3,5-6,9-11,16,23-24,32H,4,7-8,12-15H2,1-2H3/t23-/m0/s1. The van der Waals surface area contributed by atoms with Gasteiger partial charge in [0.1, 0.15) is 6.33 Å². The number of hydrogen-bond acceptors (Lipinski definition) is 5. The van der Waals surface area contributed by atoms with Crippen LogP contribution in [0.3, 0.4) is 0 Å². The zero-order valence-corrected chi connectivity index (χ0v) is 21.4. The molecule has 38 heavy (non-hydrogen) atoms. The Morgan fingerprint density at radius 3 is 2.55 bits per heavy atom. The van der Waals surface area contributed by atoms with Gasteiger partial charge in [-0.1, -0.05) is 12.1 Å². The second-order valence-electron chi connectivity index (χ2n) is 11.0. The molecule has 3 aromatic rings. The molecule has 7 nitrogen and oxygen atoms in total. The lowest BCUT2D eigenvalue weighted by atomic mass is 9.74. The van der Waals surface area contributed by atoms with Gasteiger partial charge in [0.2, 0.25) is 0 Å². The molecule has 2 fully saturated rings. The number of nitrogens with zero attached hydrogens (tertiary/aromatic N) is 4. The third-order valence-electron chi connectivity index (χ3n) is 8.46. The molecule has 0 spiro atoms. The van der Waals surface area contributed by atoms with E-state index in [0.717, 1.165) is 19.3 Å². The number of hydrogen-bond donors (Lipinski definition) is 1. The Morgan fingerprint density at radius 2 is 1.95 bits per heavy atom. The van der Waals surface area contributed by atoms with Crippen molar-refractivity contribution in [1.82, 2.24) is 20.1 Å². The molecule has 1 atom stereocenters. The minimum Gasteiger partial charge on any atom is -0.379 e. The molecule has 10 heteroatoms. The number of halogens is 3. The van der Waals surface area contributed by atoms with Crippen LogP contribution in [0.1, 0.15) is 77.2 Å². The van der Waals surface area contributed by atoms with Crippen LogP contribution in [0, 0.1) is 0 Å². The van der Waals surface area contributed by atoms with Crippen LogP contribution in [-0.2, 0) is 30.3 Å². The molecule has 2 aliphatic heterocycles. The summed E-state index contributed by atoms with van der Waals surface area (Å²) in [6.07, 6.45) is 0.525. The summed E-state index contributed by atoms with van der Waals surface area (Å²) in [6.45, 7) is 2.90. The van der Waals surface area contributed by atoms with Gasteiger partial charge < -0.3 is 19.5 Å². The number of alkyl halides is 3. The summed E-state index contributed by atoms with van der Waals surface area (Å²) in [4.78, 5) is 15.0. The van der Waals surface area contributed by atoms with Crippen molar-refractivity contribution >= 4 is 11.6 Å². The van der Waals surface area contributed by atoms with Gasteiger partial charge in [-0.15, -0.1) is 10.2 Å². The van der Waals surface area contributed by atoms with Crippen molar-refractivity contribution in [2.24, 2.45) is 7.05 Å². The Morgan fingerprint density at radius 1 is 1.16 bits per heavy atom. The van der Waals surface area contributed by atoms with E-state index < -0.39 is 18.0 Å². The Labute approximate surface area is 219 Å². The summed E-state index contributed by atoms with van der Waals surface area (Å²) in [5, 5.41) is 11.2. The van der Waals surface area contributed by atoms with Gasteiger partial charge >= 0.3 is 0 Å². The van der Waals surface area contributed by atoms with E-state index >= 15 is 4.39 Å². The third-order valence-corrected chi connectivity index (χ3v) is 8.46. The average Bonchev–Trinajstić information content (AvgIpc) is 3.43. The van der Waals surface area contributed by atoms with E-state index in [-0.39, 0.29) is 42.6 Å². The number of fused-ring (bicyclic) bond motifs is 1. The first-order chi connectivity index (χ1) is 18.2. The zero-order chi connectivity index (χ0) is 26.7. The van der Waals surface area contributed by atoms with Gasteiger partial charge in [-0.05, 0) is 67.1 Å². The van der Waals surface area contributed by atoms with Gasteiger partial charge in [-0.25, -0.2) is 13.2 Å². The molecule has 0 unspecified atom stereocenters. The van der Waals surface area contributed by atoms with Crippen molar-refractivity contribution in [2.75, 3.05) is 18.1 Å². The first-order valence-electron chi connectivity index (χ1n) is 12.9. The number of amides is 1. The van der Waals surface area contributed by atoms with Crippen molar-refractivity contribution in [1.29, 1.82) is 0 Å². The van der Waals surface area contributed by atoms with Crippen LogP contribution in [0.4, 0.5) is 18.9 Å². The molecule has 2 aromatic carbocycles. The highest BCUT2D eigenvalue weighted by molar-refractivity contribution is 6.10. The number of anilines is 1. The summed E-state index contributed by atoms with van der Waals surface area (Å²) in [5.41, 5.74) is 1.44. The van der Waals surface area contributed by atoms with Crippen molar-refractivity contribution < 1.29 is 22.7 Å². The fourth-order valence-corrected chi connectivity index (χ4v) is 5.74. The molecule has 3 heterocycles. The summed E-state index contributed by atoms with van der Waals surface area (Å²) < 4.78 is 51.0. The van der Waals surface area contributed by atoms with E-state index in [4.69, 9.17) is 4.74 Å². The Bertz CT molecular complexity index is 1380. The largest absolute Gasteiger partial charge is 0.379 e. The van der Waals surface area contributed by atoms with Gasteiger partial charge in [0.25, 0.3) is 12.3 Å². The lowest BCUT2D eigenvalue weighted by Crippen LogP contribution is -2.50. The van der Waals surface area contributed by atoms with Crippen LogP contribution < -0.4 is 10.2 Å². The molecule has 1 saturated carbocycles. The van der Waals surface area contributed by atoms with Gasteiger partial charge in [-0.3, -0.25) is 4.79 Å². The monoisotopic (exact) mass is 525 g/mol. The molecule has 1 saturated heterocycles. The normalized spacial score (nSPS) is 20.3. The molecule has 1 aliphatic carbocycles.